The number of aromatic hydroxyl groups is 2. The van der Waals surface area contributed by atoms with Gasteiger partial charge in [-0.25, -0.2) is 9.48 Å². The molecule has 2 fully saturated rings. The quantitative estimate of drug-likeness (QED) is 0.0218. The number of carbonyl (C=O) groups is 7. The Morgan fingerprint density at radius 2 is 1.83 bits per heavy atom. The van der Waals surface area contributed by atoms with Gasteiger partial charge in [0, 0.05) is 38.2 Å². The number of carboxylic acid groups (broad SMARTS) is 1. The van der Waals surface area contributed by atoms with Gasteiger partial charge in [0.25, 0.3) is 5.91 Å². The van der Waals surface area contributed by atoms with E-state index in [0.717, 1.165) is 33.3 Å². The van der Waals surface area contributed by atoms with Crippen LogP contribution in [0.5, 0.6) is 11.5 Å². The number of phenolic OH excluding ortho intramolecular Hbond substituents is 2. The van der Waals surface area contributed by atoms with Crippen LogP contribution in [-0.4, -0.2) is 123 Å². The first kappa shape index (κ1) is 40.0. The molecule has 6 rings (SSSR count). The number of piperazine rings is 1. The van der Waals surface area contributed by atoms with Crippen LogP contribution >= 0.6 is 23.5 Å². The molecule has 0 saturated carbocycles. The monoisotopic (exact) mass is 788 g/mol. The largest absolute Gasteiger partial charge is 1.00 e. The van der Waals surface area contributed by atoms with Crippen LogP contribution in [-0.2, 0) is 42.4 Å². The number of nitrogens with one attached hydrogen (secondary N) is 3. The Morgan fingerprint density at radius 3 is 2.48 bits per heavy atom. The Balaban J connectivity index is 0.00000561. The summed E-state index contributed by atoms with van der Waals surface area (Å²) in [7, 11) is 1.60. The van der Waals surface area contributed by atoms with Gasteiger partial charge in [0.05, 0.1) is 11.7 Å². The van der Waals surface area contributed by atoms with Gasteiger partial charge in [-0.15, -0.1) is 16.9 Å². The number of hydrogen-bond acceptors (Lipinski definition) is 15. The van der Waals surface area contributed by atoms with Crippen molar-refractivity contribution in [2.45, 2.75) is 28.8 Å². The van der Waals surface area contributed by atoms with Gasteiger partial charge in [-0.2, -0.15) is 0 Å². The summed E-state index contributed by atoms with van der Waals surface area (Å²) < 4.78 is 1.38. The molecular formula is C31H29N10NaO10S2. The van der Waals surface area contributed by atoms with Gasteiger partial charge < -0.3 is 41.0 Å². The van der Waals surface area contributed by atoms with Crippen LogP contribution in [0.3, 0.4) is 0 Å². The minimum absolute atomic E-state index is 0. The summed E-state index contributed by atoms with van der Waals surface area (Å²) in [6.07, 6.45) is 0.171. The first-order chi connectivity index (χ1) is 25.4. The fraction of sp³-hybridized carbons (Fsp3) is 0.290. The average Bonchev–Trinajstić information content (AvgIpc) is 3.56. The Kier molecular flexibility index (Phi) is 12.2. The maximum absolute atomic E-state index is 14.0. The first-order valence-electron chi connectivity index (χ1n) is 15.6. The van der Waals surface area contributed by atoms with E-state index in [1.165, 1.54) is 35.0 Å². The van der Waals surface area contributed by atoms with Crippen molar-refractivity contribution in [3.63, 3.8) is 0 Å². The van der Waals surface area contributed by atoms with Crippen molar-refractivity contribution >= 4 is 65.6 Å². The second kappa shape index (κ2) is 16.5. The van der Waals surface area contributed by atoms with Crippen molar-refractivity contribution in [2.75, 3.05) is 24.6 Å². The number of fused-ring (bicyclic) bond motifs is 1. The summed E-state index contributed by atoms with van der Waals surface area (Å²) in [5.74, 6) is -6.53. The average molecular weight is 789 g/mol. The molecule has 3 aliphatic rings. The van der Waals surface area contributed by atoms with E-state index in [0.29, 0.717) is 21.2 Å². The summed E-state index contributed by atoms with van der Waals surface area (Å²) in [6.45, 7) is -0.465. The SMILES string of the molecule is Cn1nnnc1SCC1=C(C(=O)[O-])N2C(=O)[C@@](NC=O)(NC(=O)C(NC(=O)N3CCN(Cc4ccc(O)c(O)c4)C(=O)C3=O)c3ccccc3)[C@@H]2SC1.[Na+]. The number of benzene rings is 2. The summed E-state index contributed by atoms with van der Waals surface area (Å²) in [4.78, 5) is 94.3. The van der Waals surface area contributed by atoms with Crippen LogP contribution in [0.1, 0.15) is 17.2 Å². The second-order valence-corrected chi connectivity index (χ2v) is 13.8. The van der Waals surface area contributed by atoms with Gasteiger partial charge in [0.1, 0.15) is 11.4 Å². The zero-order valence-corrected chi connectivity index (χ0v) is 32.1. The van der Waals surface area contributed by atoms with Crippen molar-refractivity contribution in [2.24, 2.45) is 7.05 Å². The number of hydrogen-bond donors (Lipinski definition) is 5. The fourth-order valence-electron chi connectivity index (χ4n) is 5.91. The number of amides is 7. The van der Waals surface area contributed by atoms with Gasteiger partial charge in [-0.05, 0) is 39.3 Å². The normalized spacial score (nSPS) is 20.0. The van der Waals surface area contributed by atoms with E-state index >= 15 is 0 Å². The van der Waals surface area contributed by atoms with E-state index in [2.05, 4.69) is 31.5 Å². The summed E-state index contributed by atoms with van der Waals surface area (Å²) in [6, 6.07) is 8.97. The number of thioether (sulfide) groups is 2. The van der Waals surface area contributed by atoms with Crippen LogP contribution in [0.2, 0.25) is 0 Å². The predicted molar refractivity (Wildman–Crippen MR) is 179 cm³/mol. The molecule has 276 valence electrons. The van der Waals surface area contributed by atoms with E-state index in [9.17, 15) is 48.9 Å². The number of β-lactam (4-membered cyclic amide) rings is 1. The molecule has 20 nitrogen and oxygen atoms in total. The molecule has 0 bridgehead atoms. The number of tetrazole rings is 1. The van der Waals surface area contributed by atoms with Gasteiger partial charge in [0.15, 0.2) is 11.5 Å². The zero-order chi connectivity index (χ0) is 38.0. The van der Waals surface area contributed by atoms with Crippen LogP contribution in [0, 0.1) is 0 Å². The number of aliphatic carboxylic acids is 1. The van der Waals surface area contributed by atoms with E-state index in [-0.39, 0.29) is 78.4 Å². The second-order valence-electron chi connectivity index (χ2n) is 11.8. The summed E-state index contributed by atoms with van der Waals surface area (Å²) in [5.41, 5.74) is -1.65. The number of urea groups is 1. The molecule has 1 aromatic heterocycles. The summed E-state index contributed by atoms with van der Waals surface area (Å²) in [5, 5.41) is 49.3. The Hall–Kier alpha value is -5.16. The minimum Gasteiger partial charge on any atom is -0.543 e. The van der Waals surface area contributed by atoms with E-state index in [1.54, 1.807) is 25.2 Å². The standard InChI is InChI=1S/C31H30N10O10S2.Na/c1-38-30(35-36-37-38)53-14-18-13-52-28-31(32-15-42,27(50)41(28)22(18)26(48)49)34-23(45)21(17-5-3-2-4-6-17)33-29(51)40-10-9-39(24(46)25(40)47)12-16-7-8-19(43)20(44)11-16;/h2-8,11,15,21,28,43-44H,9-10,12-14H2,1H3,(H,32,42)(H,33,51)(H,34,45)(H,48,49);/q;+1/p-1/t21?,28-,31+;/m0./s1. The molecular weight excluding hydrogens is 760 g/mol. The smallest absolute Gasteiger partial charge is 0.543 e. The Bertz CT molecular complexity index is 2050. The topological polar surface area (TPSA) is 272 Å². The molecule has 1 unspecified atom stereocenters. The van der Waals surface area contributed by atoms with Gasteiger partial charge in [-0.1, -0.05) is 48.2 Å². The molecule has 0 spiro atoms. The number of carbonyl (C=O) groups excluding carboxylic acids is 7. The molecule has 3 aliphatic heterocycles. The zero-order valence-electron chi connectivity index (χ0n) is 28.5. The molecule has 54 heavy (non-hydrogen) atoms. The number of phenols is 2. The van der Waals surface area contributed by atoms with Crippen molar-refractivity contribution in [3.8, 4) is 11.5 Å². The molecule has 0 radical (unpaired) electrons. The Labute approximate surface area is 335 Å². The molecule has 23 heteroatoms. The maximum Gasteiger partial charge on any atom is 1.00 e. The predicted octanol–water partition coefficient (Wildman–Crippen LogP) is -5.48. The first-order valence-corrected chi connectivity index (χ1v) is 17.6. The summed E-state index contributed by atoms with van der Waals surface area (Å²) >= 11 is 2.19. The number of aromatic nitrogens is 4. The molecule has 7 amide bonds. The van der Waals surface area contributed by atoms with E-state index in [4.69, 9.17) is 0 Å². The third-order valence-corrected chi connectivity index (χ3v) is 11.0. The molecule has 3 atom stereocenters. The molecule has 4 heterocycles. The van der Waals surface area contributed by atoms with Crippen molar-refractivity contribution < 1.29 is 78.4 Å². The molecule has 2 aromatic carbocycles. The minimum atomic E-state index is -2.14. The van der Waals surface area contributed by atoms with Crippen LogP contribution in [0.4, 0.5) is 4.79 Å². The number of carboxylic acids is 1. The van der Waals surface area contributed by atoms with E-state index in [1.807, 2.05) is 0 Å². The molecule has 5 N–H and O–H groups in total. The molecule has 2 saturated heterocycles. The molecule has 3 aromatic rings. The molecule has 0 aliphatic carbocycles. The number of aryl methyl sites for hydroxylation is 1. The van der Waals surface area contributed by atoms with E-state index < -0.39 is 64.2 Å². The van der Waals surface area contributed by atoms with Gasteiger partial charge in [0.2, 0.25) is 23.1 Å². The number of nitrogens with zero attached hydrogens (tertiary/aromatic N) is 7. The van der Waals surface area contributed by atoms with Crippen LogP contribution < -0.4 is 50.6 Å². The number of rotatable bonds is 12. The van der Waals surface area contributed by atoms with Crippen molar-refractivity contribution in [1.82, 2.24) is 50.9 Å². The van der Waals surface area contributed by atoms with Crippen LogP contribution in [0.15, 0.2) is 65.0 Å². The fourth-order valence-corrected chi connectivity index (χ4v) is 8.33. The third kappa shape index (κ3) is 7.59. The van der Waals surface area contributed by atoms with Crippen molar-refractivity contribution in [3.05, 3.63) is 70.9 Å². The van der Waals surface area contributed by atoms with Gasteiger partial charge >= 0.3 is 47.4 Å². The van der Waals surface area contributed by atoms with Crippen LogP contribution in [0.25, 0.3) is 0 Å². The third-order valence-electron chi connectivity index (χ3n) is 8.54. The Morgan fingerprint density at radius 1 is 1.09 bits per heavy atom. The maximum atomic E-state index is 14.0. The number of imide groups is 1. The van der Waals surface area contributed by atoms with Gasteiger partial charge in [-0.3, -0.25) is 33.8 Å². The van der Waals surface area contributed by atoms with Crippen molar-refractivity contribution in [1.29, 1.82) is 0 Å².